The van der Waals surface area contributed by atoms with Gasteiger partial charge in [0.25, 0.3) is 5.91 Å². The molecule has 0 saturated carbocycles. The van der Waals surface area contributed by atoms with Crippen molar-refractivity contribution in [1.29, 1.82) is 0 Å². The molecule has 0 aliphatic rings. The summed E-state index contributed by atoms with van der Waals surface area (Å²) in [5, 5.41) is 16.5. The molecule has 0 spiro atoms. The molecular formula is C13H16N4O2. The summed E-state index contributed by atoms with van der Waals surface area (Å²) in [7, 11) is 1.69. The number of aliphatic hydroxyl groups is 1. The third-order valence-electron chi connectivity index (χ3n) is 2.83. The van der Waals surface area contributed by atoms with Gasteiger partial charge in [-0.1, -0.05) is 12.1 Å². The first kappa shape index (κ1) is 13.1. The Kier molecular flexibility index (Phi) is 3.82. The standard InChI is InChI=1S/C13H16N4O2/c1-17-11(6-7-16-17)13(19)15-8-12(18)9-2-4-10(14)5-3-9/h2-7,12,18H,8,14H2,1H3,(H,15,19). The minimum absolute atomic E-state index is 0.133. The number of carbonyl (C=O) groups is 1. The second-order valence-electron chi connectivity index (χ2n) is 4.23. The number of anilines is 1. The van der Waals surface area contributed by atoms with Gasteiger partial charge in [0.05, 0.1) is 6.10 Å². The fourth-order valence-electron chi connectivity index (χ4n) is 1.71. The summed E-state index contributed by atoms with van der Waals surface area (Å²) in [6.07, 6.45) is 0.781. The first-order valence-corrected chi connectivity index (χ1v) is 5.87. The van der Waals surface area contributed by atoms with E-state index in [1.165, 1.54) is 4.68 Å². The van der Waals surface area contributed by atoms with Gasteiger partial charge in [0, 0.05) is 25.5 Å². The normalized spacial score (nSPS) is 12.1. The van der Waals surface area contributed by atoms with Crippen LogP contribution in [-0.4, -0.2) is 27.3 Å². The average molecular weight is 260 g/mol. The van der Waals surface area contributed by atoms with Crippen molar-refractivity contribution in [2.45, 2.75) is 6.10 Å². The van der Waals surface area contributed by atoms with Crippen LogP contribution in [-0.2, 0) is 7.05 Å². The summed E-state index contributed by atoms with van der Waals surface area (Å²) >= 11 is 0. The van der Waals surface area contributed by atoms with Crippen LogP contribution < -0.4 is 11.1 Å². The third kappa shape index (κ3) is 3.11. The molecule has 1 amide bonds. The maximum atomic E-state index is 11.8. The summed E-state index contributed by atoms with van der Waals surface area (Å²) in [6.45, 7) is 0.133. The molecule has 1 aromatic heterocycles. The van der Waals surface area contributed by atoms with Crippen molar-refractivity contribution in [3.63, 3.8) is 0 Å². The Balaban J connectivity index is 1.94. The van der Waals surface area contributed by atoms with Gasteiger partial charge >= 0.3 is 0 Å². The summed E-state index contributed by atoms with van der Waals surface area (Å²) in [5.41, 5.74) is 7.36. The van der Waals surface area contributed by atoms with Crippen LogP contribution in [0.2, 0.25) is 0 Å². The molecule has 6 nitrogen and oxygen atoms in total. The van der Waals surface area contributed by atoms with Crippen LogP contribution in [0.1, 0.15) is 22.2 Å². The number of nitrogens with two attached hydrogens (primary N) is 1. The highest BCUT2D eigenvalue weighted by molar-refractivity contribution is 5.92. The van der Waals surface area contributed by atoms with Crippen LogP contribution in [0.3, 0.4) is 0 Å². The molecule has 1 unspecified atom stereocenters. The molecule has 19 heavy (non-hydrogen) atoms. The van der Waals surface area contributed by atoms with Gasteiger partial charge in [-0.3, -0.25) is 9.48 Å². The number of benzene rings is 1. The van der Waals surface area contributed by atoms with Crippen molar-refractivity contribution in [1.82, 2.24) is 15.1 Å². The lowest BCUT2D eigenvalue weighted by atomic mass is 10.1. The Bertz CT molecular complexity index is 562. The molecule has 0 aliphatic heterocycles. The minimum Gasteiger partial charge on any atom is -0.399 e. The van der Waals surface area contributed by atoms with Crippen molar-refractivity contribution in [3.8, 4) is 0 Å². The van der Waals surface area contributed by atoms with Crippen LogP contribution in [0.15, 0.2) is 36.5 Å². The Morgan fingerprint density at radius 1 is 1.42 bits per heavy atom. The number of nitrogens with zero attached hydrogens (tertiary/aromatic N) is 2. The zero-order valence-electron chi connectivity index (χ0n) is 10.6. The highest BCUT2D eigenvalue weighted by Gasteiger charge is 2.12. The predicted octanol–water partition coefficient (Wildman–Crippen LogP) is 0.466. The van der Waals surface area contributed by atoms with Crippen molar-refractivity contribution < 1.29 is 9.90 Å². The van der Waals surface area contributed by atoms with Gasteiger partial charge in [-0.15, -0.1) is 0 Å². The lowest BCUT2D eigenvalue weighted by Gasteiger charge is -2.12. The molecule has 1 atom stereocenters. The number of nitrogens with one attached hydrogen (secondary N) is 1. The summed E-state index contributed by atoms with van der Waals surface area (Å²) in [6, 6.07) is 8.50. The Labute approximate surface area is 110 Å². The van der Waals surface area contributed by atoms with Gasteiger partial charge in [0.2, 0.25) is 0 Å². The third-order valence-corrected chi connectivity index (χ3v) is 2.83. The SMILES string of the molecule is Cn1nccc1C(=O)NCC(O)c1ccc(N)cc1. The van der Waals surface area contributed by atoms with Crippen molar-refractivity contribution in [2.75, 3.05) is 12.3 Å². The molecule has 100 valence electrons. The number of nitrogen functional groups attached to an aromatic ring is 1. The van der Waals surface area contributed by atoms with Crippen LogP contribution in [0.5, 0.6) is 0 Å². The zero-order chi connectivity index (χ0) is 13.8. The molecule has 0 fully saturated rings. The van der Waals surface area contributed by atoms with E-state index < -0.39 is 6.10 Å². The summed E-state index contributed by atoms with van der Waals surface area (Å²) in [4.78, 5) is 11.8. The van der Waals surface area contributed by atoms with Crippen LogP contribution in [0, 0.1) is 0 Å². The molecule has 0 saturated heterocycles. The molecule has 6 heteroatoms. The lowest BCUT2D eigenvalue weighted by Crippen LogP contribution is -2.29. The fraction of sp³-hybridized carbons (Fsp3) is 0.231. The highest BCUT2D eigenvalue weighted by Crippen LogP contribution is 2.13. The van der Waals surface area contributed by atoms with Gasteiger partial charge in [-0.25, -0.2) is 0 Å². The molecule has 0 bridgehead atoms. The van der Waals surface area contributed by atoms with E-state index in [2.05, 4.69) is 10.4 Å². The van der Waals surface area contributed by atoms with Gasteiger partial charge in [-0.05, 0) is 23.8 Å². The zero-order valence-corrected chi connectivity index (χ0v) is 10.6. The lowest BCUT2D eigenvalue weighted by molar-refractivity contribution is 0.0907. The average Bonchev–Trinajstić information content (AvgIpc) is 2.83. The summed E-state index contributed by atoms with van der Waals surface area (Å²) < 4.78 is 1.48. The van der Waals surface area contributed by atoms with E-state index in [-0.39, 0.29) is 12.5 Å². The molecular weight excluding hydrogens is 244 g/mol. The van der Waals surface area contributed by atoms with Crippen molar-refractivity contribution >= 4 is 11.6 Å². The minimum atomic E-state index is -0.766. The molecule has 4 N–H and O–H groups in total. The molecule has 1 aromatic carbocycles. The van der Waals surface area contributed by atoms with Crippen LogP contribution >= 0.6 is 0 Å². The van der Waals surface area contributed by atoms with Gasteiger partial charge < -0.3 is 16.2 Å². The van der Waals surface area contributed by atoms with Crippen LogP contribution in [0.4, 0.5) is 5.69 Å². The van der Waals surface area contributed by atoms with Crippen molar-refractivity contribution in [3.05, 3.63) is 47.8 Å². The number of carbonyl (C=O) groups excluding carboxylic acids is 1. The monoisotopic (exact) mass is 260 g/mol. The van der Waals surface area contributed by atoms with E-state index in [1.54, 1.807) is 43.6 Å². The molecule has 2 rings (SSSR count). The molecule has 1 heterocycles. The number of aliphatic hydroxyl groups excluding tert-OH is 1. The Hall–Kier alpha value is -2.34. The number of rotatable bonds is 4. The first-order valence-electron chi connectivity index (χ1n) is 5.87. The predicted molar refractivity (Wildman–Crippen MR) is 71.4 cm³/mol. The molecule has 2 aromatic rings. The largest absolute Gasteiger partial charge is 0.399 e. The second-order valence-corrected chi connectivity index (χ2v) is 4.23. The van der Waals surface area contributed by atoms with Crippen molar-refractivity contribution in [2.24, 2.45) is 7.05 Å². The van der Waals surface area contributed by atoms with E-state index in [4.69, 9.17) is 5.73 Å². The van der Waals surface area contributed by atoms with E-state index in [0.717, 1.165) is 0 Å². The van der Waals surface area contributed by atoms with Gasteiger partial charge in [0.15, 0.2) is 0 Å². The number of hydrogen-bond acceptors (Lipinski definition) is 4. The topological polar surface area (TPSA) is 93.2 Å². The summed E-state index contributed by atoms with van der Waals surface area (Å²) in [5.74, 6) is -0.269. The number of aryl methyl sites for hydroxylation is 1. The smallest absolute Gasteiger partial charge is 0.269 e. The Morgan fingerprint density at radius 3 is 2.68 bits per heavy atom. The maximum Gasteiger partial charge on any atom is 0.269 e. The number of aromatic nitrogens is 2. The van der Waals surface area contributed by atoms with Crippen LogP contribution in [0.25, 0.3) is 0 Å². The van der Waals surface area contributed by atoms with Gasteiger partial charge in [0.1, 0.15) is 5.69 Å². The van der Waals surface area contributed by atoms with E-state index in [9.17, 15) is 9.90 Å². The highest BCUT2D eigenvalue weighted by atomic mass is 16.3. The molecule has 0 aliphatic carbocycles. The van der Waals surface area contributed by atoms with E-state index >= 15 is 0 Å². The second kappa shape index (κ2) is 5.53. The quantitative estimate of drug-likeness (QED) is 0.696. The van der Waals surface area contributed by atoms with E-state index in [1.807, 2.05) is 0 Å². The fourth-order valence-corrected chi connectivity index (χ4v) is 1.71. The number of amides is 1. The molecule has 0 radical (unpaired) electrons. The first-order chi connectivity index (χ1) is 9.08. The number of hydrogen-bond donors (Lipinski definition) is 3. The maximum absolute atomic E-state index is 11.8. The Morgan fingerprint density at radius 2 is 2.11 bits per heavy atom. The van der Waals surface area contributed by atoms with Gasteiger partial charge in [-0.2, -0.15) is 5.10 Å². The van der Waals surface area contributed by atoms with E-state index in [0.29, 0.717) is 16.9 Å².